The maximum atomic E-state index is 12.6. The Balaban J connectivity index is 2.05. The third kappa shape index (κ3) is 6.82. The molecule has 0 bridgehead atoms. The number of nitrogens with one attached hydrogen (secondary N) is 2. The van der Waals surface area contributed by atoms with E-state index in [4.69, 9.17) is 21.4 Å². The predicted octanol–water partition coefficient (Wildman–Crippen LogP) is 4.36. The zero-order chi connectivity index (χ0) is 22.3. The van der Waals surface area contributed by atoms with Crippen LogP contribution in [0.25, 0.3) is 0 Å². The van der Waals surface area contributed by atoms with Gasteiger partial charge in [0, 0.05) is 33.8 Å². The Bertz CT molecular complexity index is 993. The molecule has 0 saturated carbocycles. The summed E-state index contributed by atoms with van der Waals surface area (Å²) in [6.07, 6.45) is 1.69. The van der Waals surface area contributed by atoms with Gasteiger partial charge in [0.2, 0.25) is 11.8 Å². The second kappa shape index (κ2) is 10.7. The molecule has 2 aromatic rings. The van der Waals surface area contributed by atoms with Gasteiger partial charge < -0.3 is 20.5 Å². The van der Waals surface area contributed by atoms with Crippen molar-refractivity contribution in [2.24, 2.45) is 0 Å². The summed E-state index contributed by atoms with van der Waals surface area (Å²) in [6, 6.07) is 10.3. The fourth-order valence-corrected chi connectivity index (χ4v) is 3.48. The average Bonchev–Trinajstić information content (AvgIpc) is 2.69. The summed E-state index contributed by atoms with van der Waals surface area (Å²) in [5, 5.41) is 14.1. The van der Waals surface area contributed by atoms with Crippen molar-refractivity contribution in [3.63, 3.8) is 0 Å². The Morgan fingerprint density at radius 3 is 2.57 bits per heavy atom. The molecular weight excluding hydrogens is 428 g/mol. The number of thioether (sulfide) groups is 1. The van der Waals surface area contributed by atoms with E-state index >= 15 is 0 Å². The molecule has 30 heavy (non-hydrogen) atoms. The van der Waals surface area contributed by atoms with Crippen molar-refractivity contribution < 1.29 is 24.2 Å². The minimum absolute atomic E-state index is 0.223. The number of halogens is 1. The predicted molar refractivity (Wildman–Crippen MR) is 119 cm³/mol. The fraction of sp³-hybridized carbons (Fsp3) is 0.190. The molecule has 0 fully saturated rings. The van der Waals surface area contributed by atoms with Crippen LogP contribution >= 0.6 is 23.4 Å². The molecule has 0 radical (unpaired) electrons. The number of benzene rings is 2. The number of aliphatic carboxylic acids is 1. The highest BCUT2D eigenvalue weighted by Gasteiger charge is 2.17. The average molecular weight is 449 g/mol. The third-order valence-electron chi connectivity index (χ3n) is 3.90. The number of hydrogen-bond donors (Lipinski definition) is 3. The lowest BCUT2D eigenvalue weighted by atomic mass is 10.2. The van der Waals surface area contributed by atoms with Gasteiger partial charge in [-0.05, 0) is 43.7 Å². The van der Waals surface area contributed by atoms with Gasteiger partial charge in [-0.2, -0.15) is 0 Å². The topological polar surface area (TPSA) is 105 Å². The standard InChI is InChI=1S/C21H21ClN2O5S/c1-12-9-17(18(29-3)11-16(12)22)24-21(28)13(2)30-15-6-4-5-14(10-15)23-19(25)7-8-20(26)27/h4-11,13H,1-3H3,(H,23,25)(H,24,28)(H,26,27)/b8-7+. The lowest BCUT2D eigenvalue weighted by Gasteiger charge is -2.16. The molecule has 0 heterocycles. The molecule has 9 heteroatoms. The van der Waals surface area contributed by atoms with Crippen molar-refractivity contribution in [3.05, 3.63) is 59.1 Å². The summed E-state index contributed by atoms with van der Waals surface area (Å²) in [5.41, 5.74) is 1.83. The molecule has 0 aliphatic carbocycles. The monoisotopic (exact) mass is 448 g/mol. The van der Waals surface area contributed by atoms with Gasteiger partial charge in [0.15, 0.2) is 0 Å². The molecule has 0 aliphatic heterocycles. The van der Waals surface area contributed by atoms with Crippen LogP contribution in [0.15, 0.2) is 53.4 Å². The number of hydrogen-bond acceptors (Lipinski definition) is 5. The van der Waals surface area contributed by atoms with Crippen molar-refractivity contribution in [3.8, 4) is 5.75 Å². The van der Waals surface area contributed by atoms with E-state index in [2.05, 4.69) is 10.6 Å². The first-order valence-corrected chi connectivity index (χ1v) is 10.1. The maximum absolute atomic E-state index is 12.6. The van der Waals surface area contributed by atoms with Crippen LogP contribution in [0.4, 0.5) is 11.4 Å². The number of carboxylic acid groups (broad SMARTS) is 1. The summed E-state index contributed by atoms with van der Waals surface area (Å²) >= 11 is 7.41. The molecule has 2 amide bonds. The smallest absolute Gasteiger partial charge is 0.328 e. The molecule has 158 valence electrons. The van der Waals surface area contributed by atoms with Gasteiger partial charge in [-0.15, -0.1) is 11.8 Å². The van der Waals surface area contributed by atoms with E-state index in [-0.39, 0.29) is 5.91 Å². The van der Waals surface area contributed by atoms with Crippen molar-refractivity contribution in [1.29, 1.82) is 0 Å². The normalized spacial score (nSPS) is 11.7. The maximum Gasteiger partial charge on any atom is 0.328 e. The van der Waals surface area contributed by atoms with Gasteiger partial charge in [0.05, 0.1) is 18.0 Å². The Kier molecular flexibility index (Phi) is 8.32. The van der Waals surface area contributed by atoms with Crippen molar-refractivity contribution >= 4 is 52.5 Å². The number of amides is 2. The molecule has 0 aromatic heterocycles. The largest absolute Gasteiger partial charge is 0.495 e. The zero-order valence-electron chi connectivity index (χ0n) is 16.6. The Morgan fingerprint density at radius 2 is 1.90 bits per heavy atom. The van der Waals surface area contributed by atoms with Crippen LogP contribution < -0.4 is 15.4 Å². The van der Waals surface area contributed by atoms with Crippen LogP contribution in [-0.4, -0.2) is 35.2 Å². The molecule has 1 atom stereocenters. The van der Waals surface area contributed by atoms with Crippen LogP contribution in [0, 0.1) is 6.92 Å². The second-order valence-electron chi connectivity index (χ2n) is 6.24. The summed E-state index contributed by atoms with van der Waals surface area (Å²) in [4.78, 5) is 35.6. The minimum atomic E-state index is -1.21. The highest BCUT2D eigenvalue weighted by atomic mass is 35.5. The molecule has 0 aliphatic rings. The highest BCUT2D eigenvalue weighted by molar-refractivity contribution is 8.00. The van der Waals surface area contributed by atoms with Gasteiger partial charge in [-0.25, -0.2) is 4.79 Å². The van der Waals surface area contributed by atoms with Gasteiger partial charge in [0.1, 0.15) is 5.75 Å². The lowest BCUT2D eigenvalue weighted by Crippen LogP contribution is -2.22. The SMILES string of the molecule is COc1cc(Cl)c(C)cc1NC(=O)C(C)Sc1cccc(NC(=O)/C=C/C(=O)O)c1. The summed E-state index contributed by atoms with van der Waals surface area (Å²) < 4.78 is 5.28. The molecule has 2 aromatic carbocycles. The number of aryl methyl sites for hydroxylation is 1. The van der Waals surface area contributed by atoms with Crippen molar-refractivity contribution in [1.82, 2.24) is 0 Å². The lowest BCUT2D eigenvalue weighted by molar-refractivity contribution is -0.131. The number of carboxylic acids is 1. The zero-order valence-corrected chi connectivity index (χ0v) is 18.1. The second-order valence-corrected chi connectivity index (χ2v) is 8.06. The van der Waals surface area contributed by atoms with E-state index in [1.54, 1.807) is 37.3 Å². The first-order chi connectivity index (χ1) is 14.2. The third-order valence-corrected chi connectivity index (χ3v) is 5.40. The van der Waals surface area contributed by atoms with E-state index in [0.29, 0.717) is 22.1 Å². The molecule has 0 saturated heterocycles. The first-order valence-electron chi connectivity index (χ1n) is 8.83. The molecule has 0 spiro atoms. The highest BCUT2D eigenvalue weighted by Crippen LogP contribution is 2.32. The molecule has 1 unspecified atom stereocenters. The number of ether oxygens (including phenoxy) is 1. The number of carbonyl (C=O) groups excluding carboxylic acids is 2. The van der Waals surface area contributed by atoms with E-state index in [1.165, 1.54) is 18.9 Å². The van der Waals surface area contributed by atoms with Crippen LogP contribution in [0.2, 0.25) is 5.02 Å². The minimum Gasteiger partial charge on any atom is -0.495 e. The summed E-state index contributed by atoms with van der Waals surface area (Å²) in [6.45, 7) is 3.59. The number of carbonyl (C=O) groups is 3. The van der Waals surface area contributed by atoms with Crippen molar-refractivity contribution in [2.75, 3.05) is 17.7 Å². The van der Waals surface area contributed by atoms with Crippen LogP contribution in [0.1, 0.15) is 12.5 Å². The summed E-state index contributed by atoms with van der Waals surface area (Å²) in [7, 11) is 1.50. The quantitative estimate of drug-likeness (QED) is 0.409. The van der Waals surface area contributed by atoms with Crippen LogP contribution in [0.3, 0.4) is 0 Å². The van der Waals surface area contributed by atoms with Gasteiger partial charge >= 0.3 is 5.97 Å². The summed E-state index contributed by atoms with van der Waals surface area (Å²) in [5.74, 6) is -1.52. The molecular formula is C21H21ClN2O5S. The van der Waals surface area contributed by atoms with Gasteiger partial charge in [-0.1, -0.05) is 17.7 Å². The van der Waals surface area contributed by atoms with E-state index in [9.17, 15) is 14.4 Å². The Hall–Kier alpha value is -2.97. The fourth-order valence-electron chi connectivity index (χ4n) is 2.40. The Morgan fingerprint density at radius 1 is 1.17 bits per heavy atom. The van der Waals surface area contributed by atoms with Gasteiger partial charge in [-0.3, -0.25) is 9.59 Å². The molecule has 3 N–H and O–H groups in total. The molecule has 2 rings (SSSR count). The van der Waals surface area contributed by atoms with Crippen LogP contribution in [0.5, 0.6) is 5.75 Å². The first kappa shape index (κ1) is 23.3. The van der Waals surface area contributed by atoms with Gasteiger partial charge in [0.25, 0.3) is 0 Å². The number of rotatable bonds is 8. The Labute approximate surface area is 183 Å². The molecule has 7 nitrogen and oxygen atoms in total. The van der Waals surface area contributed by atoms with Crippen molar-refractivity contribution in [2.45, 2.75) is 24.0 Å². The number of anilines is 2. The van der Waals surface area contributed by atoms with E-state index in [1.807, 2.05) is 13.0 Å². The van der Waals surface area contributed by atoms with E-state index in [0.717, 1.165) is 22.6 Å². The van der Waals surface area contributed by atoms with Crippen LogP contribution in [-0.2, 0) is 14.4 Å². The number of methoxy groups -OCH3 is 1. The van der Waals surface area contributed by atoms with E-state index < -0.39 is 17.1 Å².